The van der Waals surface area contributed by atoms with Crippen LogP contribution in [0.1, 0.15) is 11.1 Å². The van der Waals surface area contributed by atoms with Gasteiger partial charge in [0.1, 0.15) is 0 Å². The molecule has 0 aliphatic carbocycles. The Labute approximate surface area is 110 Å². The summed E-state index contributed by atoms with van der Waals surface area (Å²) in [7, 11) is 2.22. The second-order valence-electron chi connectivity index (χ2n) is 5.51. The second kappa shape index (κ2) is 5.29. The topological polar surface area (TPSA) is 18.5 Å². The number of piperazine rings is 1. The predicted molar refractivity (Wildman–Crippen MR) is 76.3 cm³/mol. The fourth-order valence-electron chi connectivity index (χ4n) is 3.00. The maximum absolute atomic E-state index is 3.46. The van der Waals surface area contributed by atoms with E-state index in [9.17, 15) is 0 Å². The Hall–Kier alpha value is -1.06. The highest BCUT2D eigenvalue weighted by atomic mass is 15.2. The van der Waals surface area contributed by atoms with Gasteiger partial charge in [-0.3, -0.25) is 0 Å². The number of hydrogen-bond acceptors (Lipinski definition) is 3. The van der Waals surface area contributed by atoms with Crippen molar-refractivity contribution in [3.8, 4) is 0 Å². The van der Waals surface area contributed by atoms with E-state index in [1.807, 2.05) is 0 Å². The number of rotatable bonds is 3. The van der Waals surface area contributed by atoms with E-state index in [-0.39, 0.29) is 0 Å². The van der Waals surface area contributed by atoms with Crippen LogP contribution in [-0.4, -0.2) is 56.1 Å². The first-order valence-electron chi connectivity index (χ1n) is 7.08. The first-order chi connectivity index (χ1) is 8.83. The molecule has 0 amide bonds. The Morgan fingerprint density at radius 2 is 2.00 bits per heavy atom. The summed E-state index contributed by atoms with van der Waals surface area (Å²) in [5, 5.41) is 3.46. The van der Waals surface area contributed by atoms with Gasteiger partial charge in [-0.15, -0.1) is 0 Å². The lowest BCUT2D eigenvalue weighted by Gasteiger charge is -2.32. The molecule has 0 radical (unpaired) electrons. The first-order valence-corrected chi connectivity index (χ1v) is 7.08. The maximum atomic E-state index is 3.46. The minimum atomic E-state index is 1.11. The van der Waals surface area contributed by atoms with Crippen LogP contribution in [0.25, 0.3) is 0 Å². The lowest BCUT2D eigenvalue weighted by atomic mass is 10.0. The zero-order valence-electron chi connectivity index (χ0n) is 11.3. The van der Waals surface area contributed by atoms with Crippen molar-refractivity contribution < 1.29 is 0 Å². The zero-order valence-corrected chi connectivity index (χ0v) is 11.3. The molecule has 1 N–H and O–H groups in total. The van der Waals surface area contributed by atoms with Crippen molar-refractivity contribution in [3.63, 3.8) is 0 Å². The average Bonchev–Trinajstić information content (AvgIpc) is 2.87. The third kappa shape index (κ3) is 2.52. The van der Waals surface area contributed by atoms with Crippen molar-refractivity contribution in [2.45, 2.75) is 12.8 Å². The van der Waals surface area contributed by atoms with Crippen LogP contribution in [0.4, 0.5) is 5.69 Å². The molecule has 0 spiro atoms. The van der Waals surface area contributed by atoms with E-state index in [1.165, 1.54) is 51.3 Å². The second-order valence-corrected chi connectivity index (χ2v) is 5.51. The van der Waals surface area contributed by atoms with Gasteiger partial charge in [-0.05, 0) is 37.1 Å². The SMILES string of the molecule is CN1CCN(CCc2cccc3c2CCN3)CC1. The van der Waals surface area contributed by atoms with E-state index < -0.39 is 0 Å². The molecule has 0 bridgehead atoms. The highest BCUT2D eigenvalue weighted by molar-refractivity contribution is 5.58. The highest BCUT2D eigenvalue weighted by Crippen LogP contribution is 2.25. The van der Waals surface area contributed by atoms with Gasteiger partial charge in [0.2, 0.25) is 0 Å². The number of anilines is 1. The third-order valence-corrected chi connectivity index (χ3v) is 4.26. The van der Waals surface area contributed by atoms with Crippen LogP contribution in [0.3, 0.4) is 0 Å². The van der Waals surface area contributed by atoms with E-state index in [0.29, 0.717) is 0 Å². The van der Waals surface area contributed by atoms with Crippen molar-refractivity contribution in [2.75, 3.05) is 51.6 Å². The first kappa shape index (κ1) is 12.0. The Balaban J connectivity index is 1.59. The summed E-state index contributed by atoms with van der Waals surface area (Å²) >= 11 is 0. The molecule has 1 aromatic rings. The third-order valence-electron chi connectivity index (χ3n) is 4.26. The van der Waals surface area contributed by atoms with Gasteiger partial charge in [0.15, 0.2) is 0 Å². The lowest BCUT2D eigenvalue weighted by molar-refractivity contribution is 0.155. The van der Waals surface area contributed by atoms with Gasteiger partial charge >= 0.3 is 0 Å². The van der Waals surface area contributed by atoms with Gasteiger partial charge in [-0.25, -0.2) is 0 Å². The standard InChI is InChI=1S/C15H23N3/c1-17-9-11-18(12-10-17)8-6-13-3-2-4-15-14(13)5-7-16-15/h2-4,16H,5-12H2,1H3. The number of benzene rings is 1. The van der Waals surface area contributed by atoms with Gasteiger partial charge in [-0.2, -0.15) is 0 Å². The average molecular weight is 245 g/mol. The van der Waals surface area contributed by atoms with Gasteiger partial charge in [0, 0.05) is 45.0 Å². The lowest BCUT2D eigenvalue weighted by Crippen LogP contribution is -2.45. The Morgan fingerprint density at radius 3 is 2.83 bits per heavy atom. The minimum Gasteiger partial charge on any atom is -0.384 e. The molecule has 1 fully saturated rings. The van der Waals surface area contributed by atoms with Crippen LogP contribution in [-0.2, 0) is 12.8 Å². The molecule has 0 aromatic heterocycles. The van der Waals surface area contributed by atoms with Crippen LogP contribution < -0.4 is 5.32 Å². The molecule has 0 atom stereocenters. The maximum Gasteiger partial charge on any atom is 0.0376 e. The summed E-state index contributed by atoms with van der Waals surface area (Å²) in [6.07, 6.45) is 2.41. The number of likely N-dealkylation sites (N-methyl/N-ethyl adjacent to an activating group) is 1. The molecular formula is C15H23N3. The molecule has 3 rings (SSSR count). The Kier molecular flexibility index (Phi) is 3.52. The quantitative estimate of drug-likeness (QED) is 0.869. The van der Waals surface area contributed by atoms with Crippen LogP contribution in [0.15, 0.2) is 18.2 Å². The fraction of sp³-hybridized carbons (Fsp3) is 0.600. The zero-order chi connectivity index (χ0) is 12.4. The van der Waals surface area contributed by atoms with E-state index in [2.05, 4.69) is 40.4 Å². The van der Waals surface area contributed by atoms with Gasteiger partial charge < -0.3 is 15.1 Å². The van der Waals surface area contributed by atoms with Crippen molar-refractivity contribution in [2.24, 2.45) is 0 Å². The van der Waals surface area contributed by atoms with E-state index in [0.717, 1.165) is 6.54 Å². The van der Waals surface area contributed by atoms with Crippen LogP contribution in [0.5, 0.6) is 0 Å². The van der Waals surface area contributed by atoms with Crippen molar-refractivity contribution in [3.05, 3.63) is 29.3 Å². The van der Waals surface area contributed by atoms with Crippen molar-refractivity contribution in [1.82, 2.24) is 9.80 Å². The molecule has 0 saturated carbocycles. The number of hydrogen-bond donors (Lipinski definition) is 1. The predicted octanol–water partition coefficient (Wildman–Crippen LogP) is 1.44. The molecule has 18 heavy (non-hydrogen) atoms. The summed E-state index contributed by atoms with van der Waals surface area (Å²) in [6, 6.07) is 6.71. The fourth-order valence-corrected chi connectivity index (χ4v) is 3.00. The van der Waals surface area contributed by atoms with Gasteiger partial charge in [0.25, 0.3) is 0 Å². The number of nitrogens with zero attached hydrogens (tertiary/aromatic N) is 2. The summed E-state index contributed by atoms with van der Waals surface area (Å²) in [5.41, 5.74) is 4.48. The molecule has 2 heterocycles. The summed E-state index contributed by atoms with van der Waals surface area (Å²) < 4.78 is 0. The van der Waals surface area contributed by atoms with E-state index >= 15 is 0 Å². The van der Waals surface area contributed by atoms with Gasteiger partial charge in [-0.1, -0.05) is 12.1 Å². The normalized spacial score (nSPS) is 20.7. The molecule has 2 aliphatic rings. The molecule has 1 aromatic carbocycles. The number of nitrogens with one attached hydrogen (secondary N) is 1. The molecular weight excluding hydrogens is 222 g/mol. The monoisotopic (exact) mass is 245 g/mol. The summed E-state index contributed by atoms with van der Waals surface area (Å²) in [6.45, 7) is 7.21. The Morgan fingerprint density at radius 1 is 1.17 bits per heavy atom. The highest BCUT2D eigenvalue weighted by Gasteiger charge is 2.16. The van der Waals surface area contributed by atoms with E-state index in [1.54, 1.807) is 11.1 Å². The van der Waals surface area contributed by atoms with E-state index in [4.69, 9.17) is 0 Å². The largest absolute Gasteiger partial charge is 0.384 e. The molecule has 98 valence electrons. The smallest absolute Gasteiger partial charge is 0.0376 e. The van der Waals surface area contributed by atoms with Crippen LogP contribution in [0, 0.1) is 0 Å². The summed E-state index contributed by atoms with van der Waals surface area (Å²) in [5.74, 6) is 0. The van der Waals surface area contributed by atoms with Crippen molar-refractivity contribution >= 4 is 5.69 Å². The van der Waals surface area contributed by atoms with Crippen LogP contribution in [0.2, 0.25) is 0 Å². The summed E-state index contributed by atoms with van der Waals surface area (Å²) in [4.78, 5) is 5.02. The molecule has 3 heteroatoms. The molecule has 1 saturated heterocycles. The minimum absolute atomic E-state index is 1.11. The van der Waals surface area contributed by atoms with Crippen LogP contribution >= 0.6 is 0 Å². The number of fused-ring (bicyclic) bond motifs is 1. The van der Waals surface area contributed by atoms with Gasteiger partial charge in [0.05, 0.1) is 0 Å². The molecule has 2 aliphatic heterocycles. The molecule has 0 unspecified atom stereocenters. The van der Waals surface area contributed by atoms with Crippen molar-refractivity contribution in [1.29, 1.82) is 0 Å². The molecule has 3 nitrogen and oxygen atoms in total. The Bertz CT molecular complexity index is 408.